The van der Waals surface area contributed by atoms with Crippen molar-refractivity contribution in [2.75, 3.05) is 0 Å². The van der Waals surface area contributed by atoms with Crippen molar-refractivity contribution in [3.05, 3.63) is 71.0 Å². The molecule has 0 aliphatic carbocycles. The summed E-state index contributed by atoms with van der Waals surface area (Å²) in [6.45, 7) is 0. The molecule has 2 N–H and O–H groups in total. The first kappa shape index (κ1) is 11.7. The Balaban J connectivity index is 2.41. The molecule has 2 rings (SSSR count). The molecule has 0 spiro atoms. The van der Waals surface area contributed by atoms with Crippen molar-refractivity contribution in [1.82, 2.24) is 0 Å². The number of halogens is 3. The van der Waals surface area contributed by atoms with Gasteiger partial charge in [-0.3, -0.25) is 0 Å². The third-order valence-electron chi connectivity index (χ3n) is 2.52. The average molecular weight is 237 g/mol. The first-order chi connectivity index (χ1) is 8.09. The van der Waals surface area contributed by atoms with E-state index in [2.05, 4.69) is 0 Å². The smallest absolute Gasteiger partial charge is 0.194 e. The predicted molar refractivity (Wildman–Crippen MR) is 58.8 cm³/mol. The number of rotatable bonds is 2. The van der Waals surface area contributed by atoms with Crippen molar-refractivity contribution in [1.29, 1.82) is 0 Å². The summed E-state index contributed by atoms with van der Waals surface area (Å²) < 4.78 is 38.9. The zero-order chi connectivity index (χ0) is 12.4. The zero-order valence-corrected chi connectivity index (χ0v) is 8.83. The molecule has 2 aromatic carbocycles. The van der Waals surface area contributed by atoms with Crippen molar-refractivity contribution in [2.24, 2.45) is 5.73 Å². The van der Waals surface area contributed by atoms with Crippen LogP contribution in [0, 0.1) is 17.5 Å². The monoisotopic (exact) mass is 237 g/mol. The van der Waals surface area contributed by atoms with Gasteiger partial charge in [-0.25, -0.2) is 13.2 Å². The van der Waals surface area contributed by atoms with Crippen molar-refractivity contribution in [2.45, 2.75) is 6.04 Å². The lowest BCUT2D eigenvalue weighted by Gasteiger charge is -2.13. The van der Waals surface area contributed by atoms with Crippen molar-refractivity contribution in [3.8, 4) is 0 Å². The van der Waals surface area contributed by atoms with Crippen LogP contribution in [0.4, 0.5) is 13.2 Å². The van der Waals surface area contributed by atoms with E-state index in [1.807, 2.05) is 6.07 Å². The lowest BCUT2D eigenvalue weighted by Crippen LogP contribution is -2.13. The van der Waals surface area contributed by atoms with Crippen molar-refractivity contribution in [3.63, 3.8) is 0 Å². The van der Waals surface area contributed by atoms with E-state index in [-0.39, 0.29) is 5.56 Å². The van der Waals surface area contributed by atoms with Crippen LogP contribution in [0.1, 0.15) is 17.2 Å². The number of benzene rings is 2. The Hall–Kier alpha value is -1.81. The fourth-order valence-corrected chi connectivity index (χ4v) is 1.61. The lowest BCUT2D eigenvalue weighted by molar-refractivity contribution is 0.444. The van der Waals surface area contributed by atoms with E-state index in [0.29, 0.717) is 5.56 Å². The number of hydrogen-bond donors (Lipinski definition) is 1. The summed E-state index contributed by atoms with van der Waals surface area (Å²) in [5.41, 5.74) is 6.76. The third-order valence-corrected chi connectivity index (χ3v) is 2.52. The maximum Gasteiger partial charge on any atom is 0.194 e. The fraction of sp³-hybridized carbons (Fsp3) is 0.0769. The largest absolute Gasteiger partial charge is 0.320 e. The van der Waals surface area contributed by atoms with Gasteiger partial charge in [-0.1, -0.05) is 30.3 Å². The van der Waals surface area contributed by atoms with Gasteiger partial charge in [0.05, 0.1) is 6.04 Å². The molecule has 0 aromatic heterocycles. The molecule has 0 aliphatic rings. The summed E-state index contributed by atoms with van der Waals surface area (Å²) in [5, 5.41) is 0. The van der Waals surface area contributed by atoms with E-state index in [9.17, 15) is 13.2 Å². The molecule has 0 aliphatic heterocycles. The van der Waals surface area contributed by atoms with Crippen molar-refractivity contribution < 1.29 is 13.2 Å². The van der Waals surface area contributed by atoms with Gasteiger partial charge >= 0.3 is 0 Å². The number of hydrogen-bond acceptors (Lipinski definition) is 1. The molecule has 1 atom stereocenters. The fourth-order valence-electron chi connectivity index (χ4n) is 1.61. The summed E-state index contributed by atoms with van der Waals surface area (Å²) in [7, 11) is 0. The topological polar surface area (TPSA) is 26.0 Å². The van der Waals surface area contributed by atoms with Crippen LogP contribution < -0.4 is 5.73 Å². The summed E-state index contributed by atoms with van der Waals surface area (Å²) in [5.74, 6) is -3.94. The molecule has 0 radical (unpaired) electrons. The Bertz CT molecular complexity index is 502. The minimum absolute atomic E-state index is 0.201. The van der Waals surface area contributed by atoms with Gasteiger partial charge in [-0.05, 0) is 23.3 Å². The number of nitrogens with two attached hydrogens (primary N) is 1. The second kappa shape index (κ2) is 4.59. The van der Waals surface area contributed by atoms with Crippen LogP contribution in [-0.4, -0.2) is 0 Å². The quantitative estimate of drug-likeness (QED) is 0.798. The average Bonchev–Trinajstić information content (AvgIpc) is 2.35. The Morgan fingerprint density at radius 1 is 0.824 bits per heavy atom. The summed E-state index contributed by atoms with van der Waals surface area (Å²) in [6, 6.07) is 9.97. The van der Waals surface area contributed by atoms with Gasteiger partial charge in [-0.15, -0.1) is 0 Å². The summed E-state index contributed by atoms with van der Waals surface area (Å²) in [6.07, 6.45) is 0. The molecule has 0 heterocycles. The molecule has 0 fully saturated rings. The van der Waals surface area contributed by atoms with Gasteiger partial charge in [0.1, 0.15) is 0 Å². The maximum absolute atomic E-state index is 13.0. The minimum Gasteiger partial charge on any atom is -0.320 e. The Labute approximate surface area is 96.7 Å². The Morgan fingerprint density at radius 3 is 1.88 bits per heavy atom. The van der Waals surface area contributed by atoms with Gasteiger partial charge in [0.2, 0.25) is 0 Å². The van der Waals surface area contributed by atoms with Crippen LogP contribution in [0.25, 0.3) is 0 Å². The highest BCUT2D eigenvalue weighted by Gasteiger charge is 2.15. The standard InChI is InChI=1S/C13H10F3N/c14-10-6-9(7-11(15)12(10)16)13(17)8-4-2-1-3-5-8/h1-7,13H,17H2. The van der Waals surface area contributed by atoms with Crippen LogP contribution in [0.15, 0.2) is 42.5 Å². The van der Waals surface area contributed by atoms with Crippen LogP contribution in [-0.2, 0) is 0 Å². The molecular weight excluding hydrogens is 227 g/mol. The second-order valence-electron chi connectivity index (χ2n) is 3.69. The molecule has 1 nitrogen and oxygen atoms in total. The van der Waals surface area contributed by atoms with E-state index >= 15 is 0 Å². The molecule has 2 aromatic rings. The summed E-state index contributed by atoms with van der Waals surface area (Å²) >= 11 is 0. The lowest BCUT2D eigenvalue weighted by atomic mass is 9.99. The van der Waals surface area contributed by atoms with Gasteiger partial charge in [0.15, 0.2) is 17.5 Å². The molecule has 0 bridgehead atoms. The summed E-state index contributed by atoms with van der Waals surface area (Å²) in [4.78, 5) is 0. The van der Waals surface area contributed by atoms with Gasteiger partial charge < -0.3 is 5.73 Å². The van der Waals surface area contributed by atoms with Crippen LogP contribution in [0.5, 0.6) is 0 Å². The molecule has 0 saturated heterocycles. The highest BCUT2D eigenvalue weighted by atomic mass is 19.2. The molecule has 17 heavy (non-hydrogen) atoms. The molecule has 4 heteroatoms. The SMILES string of the molecule is NC(c1ccccc1)c1cc(F)c(F)c(F)c1. The zero-order valence-electron chi connectivity index (χ0n) is 8.83. The van der Waals surface area contributed by atoms with E-state index in [4.69, 9.17) is 5.73 Å². The third kappa shape index (κ3) is 2.31. The van der Waals surface area contributed by atoms with E-state index in [1.165, 1.54) is 0 Å². The van der Waals surface area contributed by atoms with Crippen LogP contribution >= 0.6 is 0 Å². The minimum atomic E-state index is -1.48. The highest BCUT2D eigenvalue weighted by Crippen LogP contribution is 2.22. The maximum atomic E-state index is 13.0. The first-order valence-corrected chi connectivity index (χ1v) is 5.04. The van der Waals surface area contributed by atoms with E-state index < -0.39 is 23.5 Å². The molecule has 0 saturated carbocycles. The molecule has 1 unspecified atom stereocenters. The van der Waals surface area contributed by atoms with E-state index in [0.717, 1.165) is 12.1 Å². The normalized spacial score (nSPS) is 12.5. The Morgan fingerprint density at radius 2 is 1.35 bits per heavy atom. The highest BCUT2D eigenvalue weighted by molar-refractivity contribution is 5.32. The second-order valence-corrected chi connectivity index (χ2v) is 3.69. The molecule has 0 amide bonds. The first-order valence-electron chi connectivity index (χ1n) is 5.04. The van der Waals surface area contributed by atoms with Gasteiger partial charge in [-0.2, -0.15) is 0 Å². The van der Waals surface area contributed by atoms with Crippen LogP contribution in [0.2, 0.25) is 0 Å². The Kier molecular flexibility index (Phi) is 3.15. The predicted octanol–water partition coefficient (Wildman–Crippen LogP) is 3.15. The van der Waals surface area contributed by atoms with Gasteiger partial charge in [0, 0.05) is 0 Å². The van der Waals surface area contributed by atoms with E-state index in [1.54, 1.807) is 24.3 Å². The van der Waals surface area contributed by atoms with Crippen LogP contribution in [0.3, 0.4) is 0 Å². The van der Waals surface area contributed by atoms with Crippen molar-refractivity contribution >= 4 is 0 Å². The molecule has 88 valence electrons. The van der Waals surface area contributed by atoms with Gasteiger partial charge in [0.25, 0.3) is 0 Å². The molecular formula is C13H10F3N.